The predicted octanol–water partition coefficient (Wildman–Crippen LogP) is 15.1. The lowest BCUT2D eigenvalue weighted by molar-refractivity contribution is 0.100. The molecule has 1 aromatic carbocycles. The molecule has 15 aromatic heterocycles. The highest BCUT2D eigenvalue weighted by molar-refractivity contribution is 6.03. The van der Waals surface area contributed by atoms with Gasteiger partial charge in [-0.1, -0.05) is 51.4 Å². The lowest BCUT2D eigenvalue weighted by atomic mass is 9.91. The van der Waals surface area contributed by atoms with Gasteiger partial charge in [-0.25, -0.2) is 44.6 Å². The maximum absolute atomic E-state index is 13.5. The number of carbonyl (C=O) groups is 4. The van der Waals surface area contributed by atoms with Gasteiger partial charge in [-0.15, -0.1) is 0 Å². The molecule has 0 unspecified atom stereocenters. The third-order valence-corrected chi connectivity index (χ3v) is 31.1. The highest BCUT2D eigenvalue weighted by Crippen LogP contribution is 2.40. The second-order valence-corrected chi connectivity index (χ2v) is 40.8. The van der Waals surface area contributed by atoms with Crippen molar-refractivity contribution in [3.8, 4) is 0 Å². The predicted molar refractivity (Wildman–Crippen MR) is 576 cm³/mol. The van der Waals surface area contributed by atoms with E-state index in [4.69, 9.17) is 39.9 Å². The van der Waals surface area contributed by atoms with Crippen LogP contribution in [0.4, 0.5) is 52.8 Å². The topological polar surface area (TPSA) is 447 Å². The number of Topliss-reactive ketones (excluding diaryl/α,β-unsaturated/α-hetero) is 4. The first-order chi connectivity index (χ1) is 71.9. The third-order valence-electron chi connectivity index (χ3n) is 31.1. The minimum atomic E-state index is -0.259. The molecule has 39 heteroatoms. The molecule has 16 aromatic rings. The molecule has 4 saturated heterocycles. The van der Waals surface area contributed by atoms with E-state index in [0.29, 0.717) is 97.8 Å². The SMILES string of the molecule is CC(=O)c1c(C)c2cnc(Nc3ccc4[nH]cc(C5CCN(C)CC5)c4n3)nc2n(C2CCCC2)c1=O.CC(=O)c1c(C)c2cnc(Nc3ccc4c(ccn4CN4CCNCC4)n3)nc2n(C2CCCC2)c1=O.CC(=O)c1c(C)c2cnc(Nc3ccc4c(cnn4CN4CCNCC4)n3)nc2n(C2CCCC2)c1=O.CC(=O)c1c(C)c2cnc(Nc3ccc4cc(N5CCNCC5)ccc4n3)nc2n(C2CCCC2)c1=O. The summed E-state index contributed by atoms with van der Waals surface area (Å²) >= 11 is 0. The standard InChI is InChI=1S/C28H33N7O2.C28H31N7O2.C27H32N8O2.C26H31N9O2/c1-16-20-14-30-28(33-26(20)35(19-6-4-5-7-19)27(37)24(16)17(2)36)32-23-9-8-22-25(31-23)21(15-29-22)18-10-12-34(3)13-11-18;1-17-22-16-30-28(33-26(22)35(20-5-3-4-6-20)27(37)25(17)18(2)36)32-24-10-7-19-15-21(8-9-23(19)31-24)34-13-11-29-12-14-34;1-17-20-15-29-27(32-25(20)35(19-5-3-4-6-19)26(37)24(17)18(2)36)31-23-8-7-22-21(30-23)9-12-34(22)16-33-13-10-28-11-14-33;1-16-19-13-28-26(32-24(19)35(18-5-3-4-6-18)25(37)23(16)17(2)36)31-22-8-7-21-20(30-22)14-29-34(21)15-33-11-9-27-10-12-33/h8-9,14-15,18-19,29H,4-7,10-13H2,1-3H3,(H,30,31,32,33);7-10,15-16,20,29H,3-6,11-14H2,1-2H3,(H,30,31,32,33);7-9,12,15,19,28H,3-6,10-11,13-14,16H2,1-2H3,(H,29,30,31,32);7-8,13-14,18,27H,3-6,9-12,15H2,1-2H3,(H,28,30,31,32). The van der Waals surface area contributed by atoms with Crippen LogP contribution in [0.25, 0.3) is 88.1 Å². The number of aromatic nitrogens is 20. The number of ketones is 4. The maximum atomic E-state index is 13.5. The van der Waals surface area contributed by atoms with Gasteiger partial charge in [0.1, 0.15) is 51.4 Å². The fourth-order valence-corrected chi connectivity index (χ4v) is 23.2. The lowest BCUT2D eigenvalue weighted by Gasteiger charge is -2.29. The van der Waals surface area contributed by atoms with E-state index >= 15 is 0 Å². The van der Waals surface area contributed by atoms with Crippen molar-refractivity contribution in [2.45, 2.75) is 214 Å². The number of likely N-dealkylation sites (tertiary alicyclic amines) is 1. The zero-order chi connectivity index (χ0) is 102. The molecule has 0 bridgehead atoms. The molecule has 0 radical (unpaired) electrons. The number of nitrogens with one attached hydrogen (secondary N) is 8. The van der Waals surface area contributed by atoms with E-state index in [0.717, 1.165) is 286 Å². The monoisotopic (exact) mass is 2000 g/mol. The Labute approximate surface area is 853 Å². The second kappa shape index (κ2) is 43.0. The van der Waals surface area contributed by atoms with Gasteiger partial charge in [0.05, 0.1) is 74.9 Å². The van der Waals surface area contributed by atoms with Gasteiger partial charge in [-0.05, 0) is 246 Å². The third kappa shape index (κ3) is 20.3. The number of aryl methyl sites for hydroxylation is 4. The van der Waals surface area contributed by atoms with Crippen LogP contribution in [0.15, 0.2) is 135 Å². The zero-order valence-corrected chi connectivity index (χ0v) is 85.4. The Morgan fingerprint density at radius 3 is 1.17 bits per heavy atom. The minimum absolute atomic E-state index is 0.0347. The molecule has 8 aliphatic rings. The number of H-pyrrole nitrogens is 1. The van der Waals surface area contributed by atoms with Crippen LogP contribution in [0.3, 0.4) is 0 Å². The van der Waals surface area contributed by atoms with Gasteiger partial charge in [-0.3, -0.25) is 66.4 Å². The first kappa shape index (κ1) is 99.2. The molecule has 8 N–H and O–H groups in total. The summed E-state index contributed by atoms with van der Waals surface area (Å²) in [4.78, 5) is 172. The molecule has 4 saturated carbocycles. The maximum Gasteiger partial charge on any atom is 0.263 e. The molecular weight excluding hydrogens is 1870 g/mol. The summed E-state index contributed by atoms with van der Waals surface area (Å²) in [6.07, 6.45) is 30.8. The largest absolute Gasteiger partial charge is 0.369 e. The number of hydrogen-bond acceptors (Lipinski definition) is 32. The van der Waals surface area contributed by atoms with Gasteiger partial charge in [0, 0.05) is 173 Å². The van der Waals surface area contributed by atoms with Crippen LogP contribution in [-0.4, -0.2) is 234 Å². The number of hydrogen-bond donors (Lipinski definition) is 8. The van der Waals surface area contributed by atoms with Crippen LogP contribution in [0.1, 0.15) is 243 Å². The summed E-state index contributed by atoms with van der Waals surface area (Å²) in [5.74, 6) is 3.61. The number of benzene rings is 1. The molecule has 19 heterocycles. The van der Waals surface area contributed by atoms with Crippen LogP contribution in [0.2, 0.25) is 0 Å². The first-order valence-corrected chi connectivity index (χ1v) is 52.4. The highest BCUT2D eigenvalue weighted by Gasteiger charge is 2.34. The van der Waals surface area contributed by atoms with Gasteiger partial charge >= 0.3 is 0 Å². The van der Waals surface area contributed by atoms with Crippen molar-refractivity contribution < 1.29 is 19.2 Å². The fraction of sp³-hybridized carbons (Fsp3) is 0.440. The van der Waals surface area contributed by atoms with Crippen LogP contribution in [0, 0.1) is 27.7 Å². The van der Waals surface area contributed by atoms with E-state index in [9.17, 15) is 38.4 Å². The van der Waals surface area contributed by atoms with Crippen molar-refractivity contribution >= 4 is 164 Å². The van der Waals surface area contributed by atoms with Crippen molar-refractivity contribution in [1.82, 2.24) is 128 Å². The van der Waals surface area contributed by atoms with E-state index in [2.05, 4.69) is 135 Å². The quantitative estimate of drug-likeness (QED) is 0.0292. The van der Waals surface area contributed by atoms with Crippen molar-refractivity contribution in [2.24, 2.45) is 0 Å². The molecule has 148 heavy (non-hydrogen) atoms. The number of carbonyl (C=O) groups excluding carboxylic acids is 4. The zero-order valence-electron chi connectivity index (χ0n) is 85.4. The number of anilines is 9. The lowest BCUT2D eigenvalue weighted by Crippen LogP contribution is -2.44. The Bertz CT molecular complexity index is 7860. The van der Waals surface area contributed by atoms with Crippen molar-refractivity contribution in [3.63, 3.8) is 0 Å². The second-order valence-electron chi connectivity index (χ2n) is 40.8. The Hall–Kier alpha value is -14.8. The summed E-state index contributed by atoms with van der Waals surface area (Å²) in [5, 5.41) is 31.6. The van der Waals surface area contributed by atoms with Crippen LogP contribution < -0.4 is 64.4 Å². The fourth-order valence-electron chi connectivity index (χ4n) is 23.2. The normalized spacial score (nSPS) is 17.1. The van der Waals surface area contributed by atoms with Gasteiger partial charge in [0.25, 0.3) is 22.2 Å². The Kier molecular flexibility index (Phi) is 28.8. The summed E-state index contributed by atoms with van der Waals surface area (Å²) < 4.78 is 11.1. The summed E-state index contributed by atoms with van der Waals surface area (Å²) in [7, 11) is 2.17. The highest BCUT2D eigenvalue weighted by atomic mass is 16.2. The number of aromatic amines is 1. The van der Waals surface area contributed by atoms with E-state index in [1.807, 2.05) is 60.1 Å². The van der Waals surface area contributed by atoms with Crippen molar-refractivity contribution in [1.29, 1.82) is 0 Å². The Morgan fingerprint density at radius 1 is 0.378 bits per heavy atom. The molecule has 4 aliphatic heterocycles. The number of piperazine rings is 3. The number of pyridine rings is 8. The summed E-state index contributed by atoms with van der Waals surface area (Å²) in [6.45, 7) is 28.8. The molecule has 0 amide bonds. The average molecular weight is 2000 g/mol. The van der Waals surface area contributed by atoms with Crippen molar-refractivity contribution in [2.75, 3.05) is 125 Å². The van der Waals surface area contributed by atoms with E-state index in [-0.39, 0.29) is 91.8 Å². The average Bonchev–Trinajstić information content (AvgIpc) is 1.73. The van der Waals surface area contributed by atoms with Crippen LogP contribution in [-0.2, 0) is 13.3 Å². The van der Waals surface area contributed by atoms with Crippen LogP contribution in [0.5, 0.6) is 0 Å². The molecular formula is C109H127N31O8. The molecule has 766 valence electrons. The van der Waals surface area contributed by atoms with E-state index in [1.54, 1.807) is 70.0 Å². The van der Waals surface area contributed by atoms with Gasteiger partial charge in [-0.2, -0.15) is 25.0 Å². The number of piperidine rings is 1. The summed E-state index contributed by atoms with van der Waals surface area (Å²) in [6, 6.07) is 24.3. The van der Waals surface area contributed by atoms with Gasteiger partial charge in [0.15, 0.2) is 23.1 Å². The Balaban J connectivity index is 0.000000116. The Morgan fingerprint density at radius 2 is 0.750 bits per heavy atom. The first-order valence-electron chi connectivity index (χ1n) is 52.4. The van der Waals surface area contributed by atoms with Crippen LogP contribution >= 0.6 is 0 Å². The van der Waals surface area contributed by atoms with Crippen molar-refractivity contribution in [3.05, 3.63) is 208 Å². The van der Waals surface area contributed by atoms with E-state index < -0.39 is 0 Å². The smallest absolute Gasteiger partial charge is 0.263 e. The molecule has 0 spiro atoms. The van der Waals surface area contributed by atoms with E-state index in [1.165, 1.54) is 38.9 Å². The molecule has 24 rings (SSSR count). The van der Waals surface area contributed by atoms with Gasteiger partial charge < -0.3 is 56.6 Å². The molecule has 8 fully saturated rings. The number of fused-ring (bicyclic) bond motifs is 8. The number of rotatable bonds is 22. The number of nitrogens with zero attached hydrogens (tertiary/aromatic N) is 23. The molecule has 0 atom stereocenters. The molecule has 4 aliphatic carbocycles. The minimum Gasteiger partial charge on any atom is -0.369 e. The molecule has 39 nitrogen and oxygen atoms in total. The van der Waals surface area contributed by atoms with Gasteiger partial charge in [0.2, 0.25) is 23.8 Å². The summed E-state index contributed by atoms with van der Waals surface area (Å²) in [5.41, 5.74) is 13.8.